The van der Waals surface area contributed by atoms with E-state index in [1.54, 1.807) is 0 Å². The predicted molar refractivity (Wildman–Crippen MR) is 52.8 cm³/mol. The molecule has 14 heavy (non-hydrogen) atoms. The molecule has 0 fully saturated rings. The SMILES string of the molecule is CCCn1ncc(Br)c1C(O)C(=O)O. The first kappa shape index (κ1) is 11.2. The molecule has 1 heterocycles. The first-order valence-electron chi connectivity index (χ1n) is 4.20. The molecule has 1 rings (SSSR count). The van der Waals surface area contributed by atoms with Gasteiger partial charge in [0.1, 0.15) is 0 Å². The Kier molecular flexibility index (Phi) is 3.65. The molecule has 1 aromatic rings. The van der Waals surface area contributed by atoms with Crippen molar-refractivity contribution in [3.8, 4) is 0 Å². The van der Waals surface area contributed by atoms with Crippen LogP contribution in [0.25, 0.3) is 0 Å². The number of carboxylic acids is 1. The Morgan fingerprint density at radius 2 is 2.43 bits per heavy atom. The molecule has 0 saturated heterocycles. The Bertz CT molecular complexity index is 337. The lowest BCUT2D eigenvalue weighted by molar-refractivity contribution is -0.147. The molecule has 78 valence electrons. The number of rotatable bonds is 4. The third kappa shape index (κ3) is 2.13. The van der Waals surface area contributed by atoms with Gasteiger partial charge in [-0.3, -0.25) is 4.68 Å². The minimum Gasteiger partial charge on any atom is -0.479 e. The molecular formula is C8H11BrN2O3. The lowest BCUT2D eigenvalue weighted by Crippen LogP contribution is -2.16. The molecule has 2 N–H and O–H groups in total. The number of hydrogen-bond donors (Lipinski definition) is 2. The summed E-state index contributed by atoms with van der Waals surface area (Å²) in [6.45, 7) is 2.54. The number of carbonyl (C=O) groups is 1. The molecule has 0 aliphatic heterocycles. The Balaban J connectivity index is 3.03. The van der Waals surface area contributed by atoms with Crippen molar-refractivity contribution < 1.29 is 15.0 Å². The molecule has 1 atom stereocenters. The molecule has 1 unspecified atom stereocenters. The number of halogens is 1. The monoisotopic (exact) mass is 262 g/mol. The van der Waals surface area contributed by atoms with Gasteiger partial charge >= 0.3 is 5.97 Å². The molecule has 1 aromatic heterocycles. The van der Waals surface area contributed by atoms with Crippen LogP contribution in [0.2, 0.25) is 0 Å². The van der Waals surface area contributed by atoms with Gasteiger partial charge in [-0.25, -0.2) is 4.79 Å². The smallest absolute Gasteiger partial charge is 0.338 e. The zero-order valence-electron chi connectivity index (χ0n) is 7.64. The molecule has 0 radical (unpaired) electrons. The van der Waals surface area contributed by atoms with E-state index < -0.39 is 12.1 Å². The van der Waals surface area contributed by atoms with Gasteiger partial charge in [0.05, 0.1) is 16.4 Å². The summed E-state index contributed by atoms with van der Waals surface area (Å²) >= 11 is 3.15. The molecule has 0 saturated carbocycles. The van der Waals surface area contributed by atoms with Gasteiger partial charge in [-0.05, 0) is 22.4 Å². The van der Waals surface area contributed by atoms with E-state index in [2.05, 4.69) is 21.0 Å². The maximum atomic E-state index is 10.6. The van der Waals surface area contributed by atoms with E-state index >= 15 is 0 Å². The van der Waals surface area contributed by atoms with Crippen molar-refractivity contribution in [1.29, 1.82) is 0 Å². The highest BCUT2D eigenvalue weighted by Crippen LogP contribution is 2.23. The molecule has 0 aliphatic rings. The third-order valence-corrected chi connectivity index (χ3v) is 2.37. The highest BCUT2D eigenvalue weighted by Gasteiger charge is 2.23. The van der Waals surface area contributed by atoms with Crippen LogP contribution in [0.5, 0.6) is 0 Å². The van der Waals surface area contributed by atoms with Crippen LogP contribution in [0.3, 0.4) is 0 Å². The number of aliphatic hydroxyl groups is 1. The predicted octanol–water partition coefficient (Wildman–Crippen LogP) is 1.17. The zero-order valence-corrected chi connectivity index (χ0v) is 9.23. The van der Waals surface area contributed by atoms with Crippen LogP contribution < -0.4 is 0 Å². The summed E-state index contributed by atoms with van der Waals surface area (Å²) < 4.78 is 2.00. The largest absolute Gasteiger partial charge is 0.479 e. The van der Waals surface area contributed by atoms with E-state index in [0.29, 0.717) is 16.7 Å². The zero-order chi connectivity index (χ0) is 10.7. The Labute approximate surface area is 89.5 Å². The fraction of sp³-hybridized carbons (Fsp3) is 0.500. The van der Waals surface area contributed by atoms with Crippen molar-refractivity contribution in [2.45, 2.75) is 26.0 Å². The van der Waals surface area contributed by atoms with Gasteiger partial charge in [-0.1, -0.05) is 6.92 Å². The number of aliphatic hydroxyl groups excluding tert-OH is 1. The van der Waals surface area contributed by atoms with Crippen molar-refractivity contribution in [2.24, 2.45) is 0 Å². The van der Waals surface area contributed by atoms with Crippen LogP contribution in [-0.2, 0) is 11.3 Å². The molecule has 5 nitrogen and oxygen atoms in total. The van der Waals surface area contributed by atoms with E-state index in [-0.39, 0.29) is 0 Å². The summed E-state index contributed by atoms with van der Waals surface area (Å²) in [6.07, 6.45) is 0.781. The second-order valence-corrected chi connectivity index (χ2v) is 3.70. The van der Waals surface area contributed by atoms with Crippen LogP contribution in [0.1, 0.15) is 25.1 Å². The van der Waals surface area contributed by atoms with E-state index in [1.165, 1.54) is 10.9 Å². The van der Waals surface area contributed by atoms with Crippen LogP contribution >= 0.6 is 15.9 Å². The maximum Gasteiger partial charge on any atom is 0.338 e. The standard InChI is InChI=1S/C8H11BrN2O3/c1-2-3-11-6(5(9)4-10-11)7(12)8(13)14/h4,7,12H,2-3H2,1H3,(H,13,14). The van der Waals surface area contributed by atoms with Crippen LogP contribution in [0.15, 0.2) is 10.7 Å². The molecule has 6 heteroatoms. The van der Waals surface area contributed by atoms with Crippen molar-refractivity contribution in [3.63, 3.8) is 0 Å². The number of aromatic nitrogens is 2. The second kappa shape index (κ2) is 4.56. The Morgan fingerprint density at radius 1 is 1.79 bits per heavy atom. The summed E-state index contributed by atoms with van der Waals surface area (Å²) in [5.74, 6) is -1.27. The summed E-state index contributed by atoms with van der Waals surface area (Å²) in [7, 11) is 0. The molecule has 0 aliphatic carbocycles. The molecular weight excluding hydrogens is 252 g/mol. The maximum absolute atomic E-state index is 10.6. The van der Waals surface area contributed by atoms with Crippen LogP contribution in [-0.4, -0.2) is 26.0 Å². The summed E-state index contributed by atoms with van der Waals surface area (Å²) in [5.41, 5.74) is 0.291. The van der Waals surface area contributed by atoms with E-state index in [1.807, 2.05) is 6.92 Å². The number of aliphatic carboxylic acids is 1. The fourth-order valence-corrected chi connectivity index (χ4v) is 1.66. The van der Waals surface area contributed by atoms with Gasteiger partial charge < -0.3 is 10.2 Å². The third-order valence-electron chi connectivity index (χ3n) is 1.76. The lowest BCUT2D eigenvalue weighted by atomic mass is 10.2. The van der Waals surface area contributed by atoms with Gasteiger partial charge in [0.25, 0.3) is 0 Å². The quantitative estimate of drug-likeness (QED) is 0.855. The highest BCUT2D eigenvalue weighted by atomic mass is 79.9. The first-order valence-corrected chi connectivity index (χ1v) is 4.99. The van der Waals surface area contributed by atoms with Gasteiger partial charge in [-0.15, -0.1) is 0 Å². The van der Waals surface area contributed by atoms with Crippen LogP contribution in [0.4, 0.5) is 0 Å². The Hall–Kier alpha value is -0.880. The number of hydrogen-bond acceptors (Lipinski definition) is 3. The molecule has 0 aromatic carbocycles. The molecule has 0 amide bonds. The van der Waals surface area contributed by atoms with Gasteiger partial charge in [0.15, 0.2) is 6.10 Å². The summed E-state index contributed by atoms with van der Waals surface area (Å²) in [6, 6.07) is 0. The fourth-order valence-electron chi connectivity index (χ4n) is 1.15. The minimum atomic E-state index is -1.53. The van der Waals surface area contributed by atoms with Gasteiger partial charge in [0.2, 0.25) is 0 Å². The average molecular weight is 263 g/mol. The lowest BCUT2D eigenvalue weighted by Gasteiger charge is -2.09. The summed E-state index contributed by atoms with van der Waals surface area (Å²) in [4.78, 5) is 10.6. The van der Waals surface area contributed by atoms with E-state index in [9.17, 15) is 9.90 Å². The van der Waals surface area contributed by atoms with Crippen molar-refractivity contribution in [2.75, 3.05) is 0 Å². The second-order valence-electron chi connectivity index (χ2n) is 2.84. The topological polar surface area (TPSA) is 75.3 Å². The van der Waals surface area contributed by atoms with Crippen molar-refractivity contribution in [1.82, 2.24) is 9.78 Å². The van der Waals surface area contributed by atoms with Crippen molar-refractivity contribution >= 4 is 21.9 Å². The van der Waals surface area contributed by atoms with Crippen molar-refractivity contribution in [3.05, 3.63) is 16.4 Å². The number of aryl methyl sites for hydroxylation is 1. The Morgan fingerprint density at radius 3 is 2.93 bits per heavy atom. The normalized spacial score (nSPS) is 12.8. The van der Waals surface area contributed by atoms with Crippen LogP contribution in [0, 0.1) is 0 Å². The average Bonchev–Trinajstić information content (AvgIpc) is 2.47. The van der Waals surface area contributed by atoms with E-state index in [0.717, 1.165) is 6.42 Å². The van der Waals surface area contributed by atoms with E-state index in [4.69, 9.17) is 5.11 Å². The van der Waals surface area contributed by atoms with Gasteiger partial charge in [0, 0.05) is 6.54 Å². The van der Waals surface area contributed by atoms with Gasteiger partial charge in [-0.2, -0.15) is 5.10 Å². The molecule has 0 bridgehead atoms. The minimum absolute atomic E-state index is 0.291. The molecule has 0 spiro atoms. The summed E-state index contributed by atoms with van der Waals surface area (Å²) in [5, 5.41) is 22.0. The number of nitrogens with zero attached hydrogens (tertiary/aromatic N) is 2. The highest BCUT2D eigenvalue weighted by molar-refractivity contribution is 9.10. The number of carboxylic acid groups (broad SMARTS) is 1. The first-order chi connectivity index (χ1) is 6.57.